The minimum atomic E-state index is -0.502. The SMILES string of the molecule is CC(O)C1=CCNC=C1c1ccc(Cl)c(Cl)c1. The van der Waals surface area contributed by atoms with Gasteiger partial charge in [-0.1, -0.05) is 35.3 Å². The lowest BCUT2D eigenvalue weighted by Gasteiger charge is -2.20. The van der Waals surface area contributed by atoms with E-state index in [2.05, 4.69) is 5.32 Å². The minimum Gasteiger partial charge on any atom is -0.389 e. The second kappa shape index (κ2) is 5.13. The molecule has 1 heterocycles. The highest BCUT2D eigenvalue weighted by atomic mass is 35.5. The third kappa shape index (κ3) is 2.65. The molecule has 0 spiro atoms. The summed E-state index contributed by atoms with van der Waals surface area (Å²) in [6.07, 6.45) is 3.36. The summed E-state index contributed by atoms with van der Waals surface area (Å²) in [4.78, 5) is 0. The summed E-state index contributed by atoms with van der Waals surface area (Å²) in [5, 5.41) is 13.9. The molecule has 1 aliphatic rings. The lowest BCUT2D eigenvalue weighted by molar-refractivity contribution is 0.236. The van der Waals surface area contributed by atoms with Gasteiger partial charge in [0.2, 0.25) is 0 Å². The lowest BCUT2D eigenvalue weighted by Crippen LogP contribution is -2.18. The van der Waals surface area contributed by atoms with E-state index in [0.29, 0.717) is 10.0 Å². The van der Waals surface area contributed by atoms with E-state index >= 15 is 0 Å². The van der Waals surface area contributed by atoms with Crippen molar-refractivity contribution in [3.8, 4) is 0 Å². The maximum absolute atomic E-state index is 9.74. The van der Waals surface area contributed by atoms with Crippen LogP contribution in [0.15, 0.2) is 36.0 Å². The van der Waals surface area contributed by atoms with Crippen molar-refractivity contribution < 1.29 is 5.11 Å². The summed E-state index contributed by atoms with van der Waals surface area (Å²) in [7, 11) is 0. The molecule has 1 aliphatic heterocycles. The Morgan fingerprint density at radius 3 is 2.71 bits per heavy atom. The molecule has 0 aromatic heterocycles. The van der Waals surface area contributed by atoms with E-state index in [0.717, 1.165) is 23.3 Å². The minimum absolute atomic E-state index is 0.502. The highest BCUT2D eigenvalue weighted by Gasteiger charge is 2.16. The van der Waals surface area contributed by atoms with Gasteiger partial charge in [-0.15, -0.1) is 0 Å². The van der Waals surface area contributed by atoms with Gasteiger partial charge in [0, 0.05) is 18.3 Å². The van der Waals surface area contributed by atoms with Crippen LogP contribution in [-0.4, -0.2) is 17.8 Å². The van der Waals surface area contributed by atoms with Crippen molar-refractivity contribution in [3.05, 3.63) is 51.7 Å². The zero-order valence-electron chi connectivity index (χ0n) is 9.37. The van der Waals surface area contributed by atoms with Crippen LogP contribution >= 0.6 is 23.2 Å². The van der Waals surface area contributed by atoms with Gasteiger partial charge in [-0.3, -0.25) is 0 Å². The third-order valence-electron chi connectivity index (χ3n) is 2.68. The van der Waals surface area contributed by atoms with E-state index in [1.807, 2.05) is 18.3 Å². The Labute approximate surface area is 111 Å². The van der Waals surface area contributed by atoms with Gasteiger partial charge in [0.25, 0.3) is 0 Å². The Hall–Kier alpha value is -0.960. The Bertz CT molecular complexity index is 492. The molecule has 1 aromatic rings. The van der Waals surface area contributed by atoms with Crippen molar-refractivity contribution in [2.24, 2.45) is 0 Å². The van der Waals surface area contributed by atoms with Crippen LogP contribution in [0.4, 0.5) is 0 Å². The third-order valence-corrected chi connectivity index (χ3v) is 3.42. The average molecular weight is 270 g/mol. The normalized spacial score (nSPS) is 16.9. The number of hydrogen-bond donors (Lipinski definition) is 2. The second-order valence-corrected chi connectivity index (χ2v) is 4.74. The Balaban J connectivity index is 2.41. The number of nitrogens with one attached hydrogen (secondary N) is 1. The van der Waals surface area contributed by atoms with Crippen LogP contribution in [0.2, 0.25) is 10.0 Å². The molecule has 0 saturated heterocycles. The van der Waals surface area contributed by atoms with E-state index in [1.165, 1.54) is 0 Å². The highest BCUT2D eigenvalue weighted by molar-refractivity contribution is 6.42. The molecule has 0 bridgehead atoms. The number of benzene rings is 1. The van der Waals surface area contributed by atoms with Crippen LogP contribution in [0.25, 0.3) is 5.57 Å². The van der Waals surface area contributed by atoms with Crippen LogP contribution in [0.3, 0.4) is 0 Å². The van der Waals surface area contributed by atoms with E-state index in [-0.39, 0.29) is 0 Å². The quantitative estimate of drug-likeness (QED) is 0.864. The molecule has 2 rings (SSSR count). The number of aliphatic hydroxyl groups excluding tert-OH is 1. The topological polar surface area (TPSA) is 32.3 Å². The largest absolute Gasteiger partial charge is 0.389 e. The Morgan fingerprint density at radius 1 is 1.29 bits per heavy atom. The fraction of sp³-hybridized carbons (Fsp3) is 0.231. The number of aliphatic hydroxyl groups is 1. The molecule has 0 aliphatic carbocycles. The fourth-order valence-electron chi connectivity index (χ4n) is 1.83. The fourth-order valence-corrected chi connectivity index (χ4v) is 2.13. The zero-order valence-corrected chi connectivity index (χ0v) is 10.9. The molecular weight excluding hydrogens is 257 g/mol. The van der Waals surface area contributed by atoms with Gasteiger partial charge in [0.05, 0.1) is 16.1 Å². The van der Waals surface area contributed by atoms with Crippen LogP contribution in [-0.2, 0) is 0 Å². The van der Waals surface area contributed by atoms with Crippen molar-refractivity contribution in [3.63, 3.8) is 0 Å². The molecule has 2 N–H and O–H groups in total. The second-order valence-electron chi connectivity index (χ2n) is 3.93. The summed E-state index contributed by atoms with van der Waals surface area (Å²) in [6, 6.07) is 5.45. The first-order valence-corrected chi connectivity index (χ1v) is 6.12. The monoisotopic (exact) mass is 269 g/mol. The standard InChI is InChI=1S/C13H13Cl2NO/c1-8(17)10-4-5-16-7-11(10)9-2-3-12(14)13(15)6-9/h2-4,6-8,16-17H,5H2,1H3. The van der Waals surface area contributed by atoms with Crippen LogP contribution in [0.5, 0.6) is 0 Å². The van der Waals surface area contributed by atoms with E-state index in [9.17, 15) is 5.11 Å². The lowest BCUT2D eigenvalue weighted by atomic mass is 9.93. The Morgan fingerprint density at radius 2 is 2.06 bits per heavy atom. The van der Waals surface area contributed by atoms with Crippen molar-refractivity contribution in [2.75, 3.05) is 6.54 Å². The molecule has 0 fully saturated rings. The van der Waals surface area contributed by atoms with Gasteiger partial charge >= 0.3 is 0 Å². The number of hydrogen-bond acceptors (Lipinski definition) is 2. The van der Waals surface area contributed by atoms with Gasteiger partial charge in [-0.05, 0) is 30.2 Å². The van der Waals surface area contributed by atoms with Crippen molar-refractivity contribution >= 4 is 28.8 Å². The Kier molecular flexibility index (Phi) is 3.77. The highest BCUT2D eigenvalue weighted by Crippen LogP contribution is 2.31. The van der Waals surface area contributed by atoms with E-state index in [1.54, 1.807) is 19.1 Å². The van der Waals surface area contributed by atoms with Gasteiger partial charge in [0.1, 0.15) is 0 Å². The summed E-state index contributed by atoms with van der Waals surface area (Å²) in [6.45, 7) is 2.48. The summed E-state index contributed by atoms with van der Waals surface area (Å²) in [5.41, 5.74) is 2.80. The molecule has 1 atom stereocenters. The van der Waals surface area contributed by atoms with Crippen LogP contribution in [0.1, 0.15) is 12.5 Å². The van der Waals surface area contributed by atoms with Crippen molar-refractivity contribution in [1.29, 1.82) is 0 Å². The molecular formula is C13H13Cl2NO. The molecule has 1 unspecified atom stereocenters. The molecule has 2 nitrogen and oxygen atoms in total. The zero-order chi connectivity index (χ0) is 12.4. The van der Waals surface area contributed by atoms with Gasteiger partial charge < -0.3 is 10.4 Å². The van der Waals surface area contributed by atoms with Gasteiger partial charge in [0.15, 0.2) is 0 Å². The van der Waals surface area contributed by atoms with Crippen molar-refractivity contribution in [1.82, 2.24) is 5.32 Å². The number of dihydropyridines is 1. The predicted octanol–water partition coefficient (Wildman–Crippen LogP) is 3.24. The number of rotatable bonds is 2. The molecule has 0 radical (unpaired) electrons. The summed E-state index contributed by atoms with van der Waals surface area (Å²) in [5.74, 6) is 0. The van der Waals surface area contributed by atoms with E-state index < -0.39 is 6.10 Å². The number of halogens is 2. The maximum Gasteiger partial charge on any atom is 0.0766 e. The predicted molar refractivity (Wildman–Crippen MR) is 72.2 cm³/mol. The van der Waals surface area contributed by atoms with Crippen LogP contribution < -0.4 is 5.32 Å². The molecule has 90 valence electrons. The summed E-state index contributed by atoms with van der Waals surface area (Å²) >= 11 is 11.9. The first-order valence-electron chi connectivity index (χ1n) is 5.37. The molecule has 0 amide bonds. The first-order chi connectivity index (χ1) is 8.09. The van der Waals surface area contributed by atoms with Gasteiger partial charge in [-0.25, -0.2) is 0 Å². The average Bonchev–Trinajstić information content (AvgIpc) is 2.32. The van der Waals surface area contributed by atoms with Crippen LogP contribution in [0, 0.1) is 0 Å². The van der Waals surface area contributed by atoms with E-state index in [4.69, 9.17) is 23.2 Å². The molecule has 17 heavy (non-hydrogen) atoms. The molecule has 4 heteroatoms. The maximum atomic E-state index is 9.74. The smallest absolute Gasteiger partial charge is 0.0766 e. The molecule has 1 aromatic carbocycles. The molecule has 0 saturated carbocycles. The van der Waals surface area contributed by atoms with Crippen molar-refractivity contribution in [2.45, 2.75) is 13.0 Å². The summed E-state index contributed by atoms with van der Waals surface area (Å²) < 4.78 is 0. The van der Waals surface area contributed by atoms with Gasteiger partial charge in [-0.2, -0.15) is 0 Å². The first kappa shape index (κ1) is 12.5.